The average molecular weight is 373 g/mol. The van der Waals surface area contributed by atoms with Crippen molar-refractivity contribution >= 4 is 22.7 Å². The molecule has 0 aromatic heterocycles. The van der Waals surface area contributed by atoms with E-state index in [4.69, 9.17) is 5.73 Å². The van der Waals surface area contributed by atoms with E-state index in [9.17, 15) is 0 Å². The van der Waals surface area contributed by atoms with Gasteiger partial charge < -0.3 is 10.6 Å². The Labute approximate surface area is 170 Å². The van der Waals surface area contributed by atoms with Gasteiger partial charge in [-0.25, -0.2) is 0 Å². The minimum Gasteiger partial charge on any atom is -0.399 e. The fourth-order valence-corrected chi connectivity index (χ4v) is 3.37. The number of hydrogen-bond donors (Lipinski definition) is 1. The van der Waals surface area contributed by atoms with Crippen molar-refractivity contribution in [3.63, 3.8) is 0 Å². The second-order valence-electron chi connectivity index (χ2n) is 8.49. The molecule has 0 aliphatic rings. The third kappa shape index (κ3) is 4.75. The van der Waals surface area contributed by atoms with Gasteiger partial charge in [-0.1, -0.05) is 58.4 Å². The van der Waals surface area contributed by atoms with Crippen LogP contribution in [0, 0.1) is 0 Å². The van der Waals surface area contributed by atoms with E-state index in [-0.39, 0.29) is 5.41 Å². The molecule has 146 valence electrons. The van der Waals surface area contributed by atoms with Crippen LogP contribution in [0.25, 0.3) is 0 Å². The summed E-state index contributed by atoms with van der Waals surface area (Å²) in [6, 6.07) is 25.9. The second-order valence-corrected chi connectivity index (χ2v) is 8.49. The number of aryl methyl sites for hydroxylation is 1. The van der Waals surface area contributed by atoms with Gasteiger partial charge >= 0.3 is 0 Å². The van der Waals surface area contributed by atoms with Crippen LogP contribution in [0.2, 0.25) is 0 Å². The molecule has 2 N–H and O–H groups in total. The quantitative estimate of drug-likeness (QED) is 0.457. The van der Waals surface area contributed by atoms with Gasteiger partial charge in [-0.3, -0.25) is 0 Å². The zero-order valence-corrected chi connectivity index (χ0v) is 17.6. The standard InChI is InChI=1S/C26H32N2/c1-5-6-7-20-8-14-23(15-9-20)28(25-18-12-22(27)13-19-25)24-16-10-21(11-17-24)26(2,3)4/h8-19H,5-7,27H2,1-4H3. The van der Waals surface area contributed by atoms with Crippen molar-refractivity contribution in [1.29, 1.82) is 0 Å². The SMILES string of the molecule is CCCCc1ccc(N(c2ccc(N)cc2)c2ccc(C(C)(C)C)cc2)cc1. The first kappa shape index (κ1) is 20.0. The number of benzene rings is 3. The number of nitrogen functional groups attached to an aromatic ring is 1. The van der Waals surface area contributed by atoms with Gasteiger partial charge in [-0.2, -0.15) is 0 Å². The van der Waals surface area contributed by atoms with Crippen LogP contribution in [0.5, 0.6) is 0 Å². The molecule has 0 fully saturated rings. The summed E-state index contributed by atoms with van der Waals surface area (Å²) in [5.74, 6) is 0. The van der Waals surface area contributed by atoms with E-state index in [1.54, 1.807) is 0 Å². The smallest absolute Gasteiger partial charge is 0.0463 e. The Bertz CT molecular complexity index is 870. The Balaban J connectivity index is 1.99. The lowest BCUT2D eigenvalue weighted by Crippen LogP contribution is -2.13. The molecule has 3 aromatic rings. The predicted octanol–water partition coefficient (Wildman–Crippen LogP) is 7.38. The minimum atomic E-state index is 0.144. The summed E-state index contributed by atoms with van der Waals surface area (Å²) in [6.45, 7) is 8.97. The van der Waals surface area contributed by atoms with Crippen molar-refractivity contribution in [2.45, 2.75) is 52.4 Å². The molecular formula is C26H32N2. The first-order valence-electron chi connectivity index (χ1n) is 10.2. The number of anilines is 4. The van der Waals surface area contributed by atoms with Crippen LogP contribution in [0.3, 0.4) is 0 Å². The molecule has 0 amide bonds. The summed E-state index contributed by atoms with van der Waals surface area (Å²) >= 11 is 0. The predicted molar refractivity (Wildman–Crippen MR) is 123 cm³/mol. The van der Waals surface area contributed by atoms with Crippen LogP contribution < -0.4 is 10.6 Å². The molecule has 0 bridgehead atoms. The second kappa shape index (κ2) is 8.52. The highest BCUT2D eigenvalue weighted by Crippen LogP contribution is 2.36. The van der Waals surface area contributed by atoms with Crippen LogP contribution in [-0.4, -0.2) is 0 Å². The van der Waals surface area contributed by atoms with Crippen molar-refractivity contribution < 1.29 is 0 Å². The van der Waals surface area contributed by atoms with Crippen LogP contribution in [0.15, 0.2) is 72.8 Å². The highest BCUT2D eigenvalue weighted by atomic mass is 15.1. The third-order valence-corrected chi connectivity index (χ3v) is 5.16. The van der Waals surface area contributed by atoms with E-state index in [0.29, 0.717) is 0 Å². The number of unbranched alkanes of at least 4 members (excludes halogenated alkanes) is 1. The van der Waals surface area contributed by atoms with Crippen LogP contribution in [-0.2, 0) is 11.8 Å². The fourth-order valence-electron chi connectivity index (χ4n) is 3.37. The lowest BCUT2D eigenvalue weighted by atomic mass is 9.87. The summed E-state index contributed by atoms with van der Waals surface area (Å²) in [5.41, 5.74) is 13.0. The normalized spacial score (nSPS) is 11.4. The molecule has 28 heavy (non-hydrogen) atoms. The molecule has 0 aliphatic heterocycles. The molecule has 3 aromatic carbocycles. The average Bonchev–Trinajstić information content (AvgIpc) is 2.69. The highest BCUT2D eigenvalue weighted by Gasteiger charge is 2.16. The molecule has 2 nitrogen and oxygen atoms in total. The maximum atomic E-state index is 5.92. The Morgan fingerprint density at radius 3 is 1.64 bits per heavy atom. The van der Waals surface area contributed by atoms with E-state index in [1.165, 1.54) is 24.0 Å². The Hall–Kier alpha value is -2.74. The van der Waals surface area contributed by atoms with Gasteiger partial charge in [0.2, 0.25) is 0 Å². The van der Waals surface area contributed by atoms with Crippen molar-refractivity contribution in [3.05, 3.63) is 83.9 Å². The van der Waals surface area contributed by atoms with Gasteiger partial charge in [0.05, 0.1) is 0 Å². The number of hydrogen-bond acceptors (Lipinski definition) is 2. The summed E-state index contributed by atoms with van der Waals surface area (Å²) in [6.07, 6.45) is 3.59. The molecule has 0 atom stereocenters. The summed E-state index contributed by atoms with van der Waals surface area (Å²) in [4.78, 5) is 2.29. The van der Waals surface area contributed by atoms with E-state index in [2.05, 4.69) is 93.3 Å². The Kier molecular flexibility index (Phi) is 6.08. The molecule has 0 radical (unpaired) electrons. The highest BCUT2D eigenvalue weighted by molar-refractivity contribution is 5.77. The van der Waals surface area contributed by atoms with Crippen LogP contribution in [0.4, 0.5) is 22.7 Å². The zero-order valence-electron chi connectivity index (χ0n) is 17.6. The molecule has 3 rings (SSSR count). The largest absolute Gasteiger partial charge is 0.399 e. The Morgan fingerprint density at radius 2 is 1.18 bits per heavy atom. The molecule has 0 saturated heterocycles. The first-order valence-corrected chi connectivity index (χ1v) is 10.2. The van der Waals surface area contributed by atoms with E-state index < -0.39 is 0 Å². The molecule has 0 unspecified atom stereocenters. The maximum Gasteiger partial charge on any atom is 0.0463 e. The lowest BCUT2D eigenvalue weighted by molar-refractivity contribution is 0.590. The topological polar surface area (TPSA) is 29.3 Å². The fraction of sp³-hybridized carbons (Fsp3) is 0.308. The van der Waals surface area contributed by atoms with E-state index in [1.807, 2.05) is 12.1 Å². The van der Waals surface area contributed by atoms with Gasteiger partial charge in [0.15, 0.2) is 0 Å². The van der Waals surface area contributed by atoms with Gasteiger partial charge in [-0.05, 0) is 77.9 Å². The Morgan fingerprint density at radius 1 is 0.714 bits per heavy atom. The summed E-state index contributed by atoms with van der Waals surface area (Å²) in [5, 5.41) is 0. The maximum absolute atomic E-state index is 5.92. The van der Waals surface area contributed by atoms with Gasteiger partial charge in [0.25, 0.3) is 0 Å². The zero-order chi connectivity index (χ0) is 20.1. The lowest BCUT2D eigenvalue weighted by Gasteiger charge is -2.27. The minimum absolute atomic E-state index is 0.144. The van der Waals surface area contributed by atoms with Crippen molar-refractivity contribution in [2.24, 2.45) is 0 Å². The summed E-state index contributed by atoms with van der Waals surface area (Å²) < 4.78 is 0. The molecule has 0 aliphatic carbocycles. The van der Waals surface area contributed by atoms with E-state index >= 15 is 0 Å². The first-order chi connectivity index (χ1) is 13.4. The van der Waals surface area contributed by atoms with Crippen molar-refractivity contribution in [2.75, 3.05) is 10.6 Å². The van der Waals surface area contributed by atoms with Crippen molar-refractivity contribution in [1.82, 2.24) is 0 Å². The number of nitrogens with zero attached hydrogens (tertiary/aromatic N) is 1. The third-order valence-electron chi connectivity index (χ3n) is 5.16. The summed E-state index contributed by atoms with van der Waals surface area (Å²) in [7, 11) is 0. The van der Waals surface area contributed by atoms with Crippen LogP contribution in [0.1, 0.15) is 51.7 Å². The molecule has 0 saturated carbocycles. The number of rotatable bonds is 6. The number of nitrogens with two attached hydrogens (primary N) is 1. The van der Waals surface area contributed by atoms with Gasteiger partial charge in [-0.15, -0.1) is 0 Å². The molecular weight excluding hydrogens is 340 g/mol. The molecule has 0 spiro atoms. The molecule has 2 heteroatoms. The van der Waals surface area contributed by atoms with E-state index in [0.717, 1.165) is 29.2 Å². The van der Waals surface area contributed by atoms with Gasteiger partial charge in [0, 0.05) is 22.7 Å². The molecule has 0 heterocycles. The van der Waals surface area contributed by atoms with Crippen molar-refractivity contribution in [3.8, 4) is 0 Å². The van der Waals surface area contributed by atoms with Crippen LogP contribution >= 0.6 is 0 Å². The van der Waals surface area contributed by atoms with Gasteiger partial charge in [0.1, 0.15) is 0 Å². The monoisotopic (exact) mass is 372 g/mol.